The zero-order valence-corrected chi connectivity index (χ0v) is 12.3. The van der Waals surface area contributed by atoms with E-state index in [9.17, 15) is 0 Å². The Balaban J connectivity index is 2.36. The van der Waals surface area contributed by atoms with E-state index < -0.39 is 0 Å². The maximum absolute atomic E-state index is 6.08. The van der Waals surface area contributed by atoms with E-state index in [-0.39, 0.29) is 0 Å². The summed E-state index contributed by atoms with van der Waals surface area (Å²) in [6, 6.07) is 0. The summed E-state index contributed by atoms with van der Waals surface area (Å²) < 4.78 is 5.53. The summed E-state index contributed by atoms with van der Waals surface area (Å²) in [5.74, 6) is 1.55. The highest BCUT2D eigenvalue weighted by Crippen LogP contribution is 2.31. The molecule has 0 bridgehead atoms. The quantitative estimate of drug-likeness (QED) is 0.803. The molecule has 0 amide bonds. The smallest absolute Gasteiger partial charge is 0.262 e. The predicted octanol–water partition coefficient (Wildman–Crippen LogP) is 3.76. The normalized spacial score (nSPS) is 10.9. The lowest BCUT2D eigenvalue weighted by molar-refractivity contribution is 0.431. The van der Waals surface area contributed by atoms with Crippen LogP contribution in [0.2, 0.25) is 5.15 Å². The van der Waals surface area contributed by atoms with Gasteiger partial charge in [-0.15, -0.1) is 0 Å². The third-order valence-corrected chi connectivity index (χ3v) is 3.91. The molecule has 0 N–H and O–H groups in total. The van der Waals surface area contributed by atoms with E-state index in [0.29, 0.717) is 10.4 Å². The van der Waals surface area contributed by atoms with Crippen LogP contribution in [0.1, 0.15) is 29.8 Å². The van der Waals surface area contributed by atoms with E-state index in [0.717, 1.165) is 34.3 Å². The summed E-state index contributed by atoms with van der Waals surface area (Å²) >= 11 is 7.46. The van der Waals surface area contributed by atoms with Crippen molar-refractivity contribution in [2.45, 2.75) is 44.4 Å². The number of aryl methyl sites for hydroxylation is 3. The number of nitrogens with zero attached hydrogens (tertiary/aromatic N) is 3. The largest absolute Gasteiger partial charge is 0.436 e. The Labute approximate surface area is 115 Å². The first-order chi connectivity index (χ1) is 8.51. The highest BCUT2D eigenvalue weighted by molar-refractivity contribution is 7.99. The van der Waals surface area contributed by atoms with Crippen molar-refractivity contribution in [3.63, 3.8) is 0 Å². The zero-order valence-electron chi connectivity index (χ0n) is 10.7. The van der Waals surface area contributed by atoms with Crippen molar-refractivity contribution in [1.29, 1.82) is 0 Å². The van der Waals surface area contributed by atoms with Crippen molar-refractivity contribution < 1.29 is 4.42 Å². The Morgan fingerprint density at radius 3 is 2.44 bits per heavy atom. The van der Waals surface area contributed by atoms with Gasteiger partial charge in [0.2, 0.25) is 0 Å². The van der Waals surface area contributed by atoms with Crippen molar-refractivity contribution in [3.8, 4) is 0 Å². The van der Waals surface area contributed by atoms with Gasteiger partial charge in [0.1, 0.15) is 21.8 Å². The van der Waals surface area contributed by atoms with Crippen LogP contribution >= 0.6 is 23.4 Å². The Morgan fingerprint density at radius 2 is 1.89 bits per heavy atom. The van der Waals surface area contributed by atoms with Crippen LogP contribution in [0.3, 0.4) is 0 Å². The van der Waals surface area contributed by atoms with Gasteiger partial charge in [0.05, 0.1) is 5.69 Å². The molecule has 0 unspecified atom stereocenters. The number of oxazole rings is 1. The summed E-state index contributed by atoms with van der Waals surface area (Å²) in [4.78, 5) is 13.0. The van der Waals surface area contributed by atoms with Crippen molar-refractivity contribution >= 4 is 23.4 Å². The van der Waals surface area contributed by atoms with Crippen LogP contribution in [0, 0.1) is 20.8 Å². The molecule has 0 spiro atoms. The fourth-order valence-electron chi connectivity index (χ4n) is 1.34. The molecule has 0 aliphatic heterocycles. The summed E-state index contributed by atoms with van der Waals surface area (Å²) in [7, 11) is 0. The van der Waals surface area contributed by atoms with Gasteiger partial charge >= 0.3 is 0 Å². The maximum atomic E-state index is 6.08. The van der Waals surface area contributed by atoms with Crippen molar-refractivity contribution in [2.24, 2.45) is 0 Å². The molecule has 0 saturated carbocycles. The van der Waals surface area contributed by atoms with E-state index in [2.05, 4.69) is 15.0 Å². The number of hydrogen-bond acceptors (Lipinski definition) is 5. The molecule has 0 aromatic carbocycles. The van der Waals surface area contributed by atoms with Gasteiger partial charge in [0, 0.05) is 12.0 Å². The van der Waals surface area contributed by atoms with Gasteiger partial charge in [-0.2, -0.15) is 0 Å². The Morgan fingerprint density at radius 1 is 1.17 bits per heavy atom. The third kappa shape index (κ3) is 2.67. The van der Waals surface area contributed by atoms with Crippen molar-refractivity contribution in [1.82, 2.24) is 15.0 Å². The van der Waals surface area contributed by atoms with Crippen LogP contribution in [0.4, 0.5) is 0 Å². The third-order valence-electron chi connectivity index (χ3n) is 2.60. The molecular formula is C12H14ClN3OS. The number of aromatic nitrogens is 3. The van der Waals surface area contributed by atoms with Gasteiger partial charge in [0.25, 0.3) is 5.22 Å². The Hall–Kier alpha value is -1.07. The van der Waals surface area contributed by atoms with Crippen molar-refractivity contribution in [2.75, 3.05) is 0 Å². The molecule has 2 aromatic heterocycles. The molecule has 0 radical (unpaired) electrons. The molecule has 18 heavy (non-hydrogen) atoms. The molecule has 4 nitrogen and oxygen atoms in total. The van der Waals surface area contributed by atoms with E-state index >= 15 is 0 Å². The van der Waals surface area contributed by atoms with E-state index in [4.69, 9.17) is 16.0 Å². The molecule has 2 heterocycles. The number of hydrogen-bond donors (Lipinski definition) is 0. The van der Waals surface area contributed by atoms with Crippen LogP contribution in [0.5, 0.6) is 0 Å². The van der Waals surface area contributed by atoms with E-state index in [1.165, 1.54) is 11.8 Å². The summed E-state index contributed by atoms with van der Waals surface area (Å²) in [5.41, 5.74) is 1.75. The summed E-state index contributed by atoms with van der Waals surface area (Å²) in [6.45, 7) is 7.70. The SMILES string of the molecule is CCc1nc(Cl)c(C)c(Sc2nc(C)c(C)o2)n1. The summed E-state index contributed by atoms with van der Waals surface area (Å²) in [5, 5.41) is 1.88. The number of halogens is 1. The lowest BCUT2D eigenvalue weighted by Crippen LogP contribution is -1.98. The van der Waals surface area contributed by atoms with Crippen LogP contribution in [-0.4, -0.2) is 15.0 Å². The van der Waals surface area contributed by atoms with Crippen LogP contribution < -0.4 is 0 Å². The minimum atomic E-state index is 0.490. The maximum Gasteiger partial charge on any atom is 0.262 e. The van der Waals surface area contributed by atoms with Crippen LogP contribution in [0.15, 0.2) is 14.7 Å². The second-order valence-electron chi connectivity index (χ2n) is 3.94. The van der Waals surface area contributed by atoms with Gasteiger partial charge in [-0.05, 0) is 32.5 Å². The number of rotatable bonds is 3. The average Bonchev–Trinajstić information content (AvgIpc) is 2.64. The molecule has 0 aliphatic rings. The van der Waals surface area contributed by atoms with Gasteiger partial charge in [-0.1, -0.05) is 18.5 Å². The highest BCUT2D eigenvalue weighted by atomic mass is 35.5. The second-order valence-corrected chi connectivity index (χ2v) is 5.24. The molecule has 0 atom stereocenters. The average molecular weight is 284 g/mol. The molecule has 96 valence electrons. The first-order valence-corrected chi connectivity index (χ1v) is 6.85. The lowest BCUT2D eigenvalue weighted by Gasteiger charge is -2.05. The Bertz CT molecular complexity index is 563. The standard InChI is InChI=1S/C12H14ClN3OS/c1-5-9-15-10(13)6(2)11(16-9)18-12-14-7(3)8(4)17-12/h5H2,1-4H3. The van der Waals surface area contributed by atoms with E-state index in [1.54, 1.807) is 0 Å². The Kier molecular flexibility index (Phi) is 3.92. The first kappa shape index (κ1) is 13.4. The molecule has 6 heteroatoms. The summed E-state index contributed by atoms with van der Waals surface area (Å²) in [6.07, 6.45) is 0.747. The molecule has 2 aromatic rings. The minimum absolute atomic E-state index is 0.490. The van der Waals surface area contributed by atoms with Crippen LogP contribution in [-0.2, 0) is 6.42 Å². The van der Waals surface area contributed by atoms with Gasteiger partial charge in [0.15, 0.2) is 0 Å². The van der Waals surface area contributed by atoms with Gasteiger partial charge in [-0.3, -0.25) is 0 Å². The monoisotopic (exact) mass is 283 g/mol. The van der Waals surface area contributed by atoms with Crippen molar-refractivity contribution in [3.05, 3.63) is 28.0 Å². The predicted molar refractivity (Wildman–Crippen MR) is 71.3 cm³/mol. The molecule has 0 fully saturated rings. The van der Waals surface area contributed by atoms with Gasteiger partial charge < -0.3 is 4.42 Å². The fraction of sp³-hybridized carbons (Fsp3) is 0.417. The van der Waals surface area contributed by atoms with Gasteiger partial charge in [-0.25, -0.2) is 15.0 Å². The lowest BCUT2D eigenvalue weighted by atomic mass is 10.3. The molecule has 0 saturated heterocycles. The van der Waals surface area contributed by atoms with E-state index in [1.807, 2.05) is 27.7 Å². The second kappa shape index (κ2) is 5.28. The molecule has 0 aliphatic carbocycles. The highest BCUT2D eigenvalue weighted by Gasteiger charge is 2.14. The minimum Gasteiger partial charge on any atom is -0.436 e. The van der Waals surface area contributed by atoms with Crippen LogP contribution in [0.25, 0.3) is 0 Å². The topological polar surface area (TPSA) is 51.8 Å². The first-order valence-electron chi connectivity index (χ1n) is 5.66. The fourth-order valence-corrected chi connectivity index (χ4v) is 2.50. The molecule has 2 rings (SSSR count). The molecular weight excluding hydrogens is 270 g/mol. The zero-order chi connectivity index (χ0) is 13.3.